The van der Waals surface area contributed by atoms with Crippen LogP contribution in [0.15, 0.2) is 12.1 Å². The quantitative estimate of drug-likeness (QED) is 0.871. The molecule has 0 saturated heterocycles. The zero-order valence-corrected chi connectivity index (χ0v) is 11.3. The predicted octanol–water partition coefficient (Wildman–Crippen LogP) is 3.78. The summed E-state index contributed by atoms with van der Waals surface area (Å²) in [5.41, 5.74) is 8.71. The number of ether oxygens (including phenoxy) is 1. The molecule has 17 heavy (non-hydrogen) atoms. The average molecular weight is 254 g/mol. The van der Waals surface area contributed by atoms with Crippen molar-refractivity contribution in [3.63, 3.8) is 0 Å². The molecule has 0 bridgehead atoms. The van der Waals surface area contributed by atoms with Crippen molar-refractivity contribution in [2.24, 2.45) is 5.73 Å². The number of aryl methyl sites for hydroxylation is 1. The second-order valence-electron chi connectivity index (χ2n) is 5.02. The Morgan fingerprint density at radius 3 is 2.47 bits per heavy atom. The van der Waals surface area contributed by atoms with Crippen LogP contribution in [0.25, 0.3) is 0 Å². The third kappa shape index (κ3) is 2.43. The Morgan fingerprint density at radius 2 is 1.88 bits per heavy atom. The molecule has 1 fully saturated rings. The van der Waals surface area contributed by atoms with E-state index in [1.165, 1.54) is 30.4 Å². The second kappa shape index (κ2) is 4.87. The molecule has 1 aliphatic carbocycles. The van der Waals surface area contributed by atoms with E-state index in [4.69, 9.17) is 22.1 Å². The van der Waals surface area contributed by atoms with Gasteiger partial charge in [0.2, 0.25) is 0 Å². The van der Waals surface area contributed by atoms with Crippen LogP contribution in [0.5, 0.6) is 5.75 Å². The van der Waals surface area contributed by atoms with Crippen molar-refractivity contribution in [3.05, 3.63) is 28.3 Å². The zero-order valence-electron chi connectivity index (χ0n) is 10.6. The molecule has 0 amide bonds. The number of methoxy groups -OCH3 is 1. The van der Waals surface area contributed by atoms with E-state index in [9.17, 15) is 0 Å². The van der Waals surface area contributed by atoms with E-state index in [1.807, 2.05) is 12.1 Å². The number of hydrogen-bond donors (Lipinski definition) is 1. The summed E-state index contributed by atoms with van der Waals surface area (Å²) >= 11 is 6.20. The Balaban J connectivity index is 2.41. The fourth-order valence-corrected chi connectivity index (χ4v) is 3.04. The minimum atomic E-state index is -0.196. The van der Waals surface area contributed by atoms with Gasteiger partial charge in [0, 0.05) is 5.54 Å². The van der Waals surface area contributed by atoms with Crippen LogP contribution in [0.3, 0.4) is 0 Å². The average Bonchev–Trinajstić information content (AvgIpc) is 2.32. The molecule has 0 radical (unpaired) electrons. The van der Waals surface area contributed by atoms with Crippen LogP contribution >= 0.6 is 11.6 Å². The van der Waals surface area contributed by atoms with Gasteiger partial charge in [0.05, 0.1) is 12.1 Å². The topological polar surface area (TPSA) is 35.2 Å². The first-order valence-electron chi connectivity index (χ1n) is 6.20. The molecule has 0 unspecified atom stereocenters. The molecular formula is C14H20ClNO. The number of nitrogens with two attached hydrogens (primary N) is 1. The molecule has 1 aliphatic rings. The Hall–Kier alpha value is -0.730. The highest BCUT2D eigenvalue weighted by atomic mass is 35.5. The maximum Gasteiger partial charge on any atom is 0.137 e. The van der Waals surface area contributed by atoms with Gasteiger partial charge < -0.3 is 10.5 Å². The molecule has 2 N–H and O–H groups in total. The molecule has 94 valence electrons. The van der Waals surface area contributed by atoms with Gasteiger partial charge in [-0.3, -0.25) is 0 Å². The van der Waals surface area contributed by atoms with Crippen molar-refractivity contribution in [2.75, 3.05) is 7.11 Å². The molecule has 0 aliphatic heterocycles. The van der Waals surface area contributed by atoms with Crippen molar-refractivity contribution >= 4 is 11.6 Å². The van der Waals surface area contributed by atoms with Gasteiger partial charge in [-0.25, -0.2) is 0 Å². The van der Waals surface area contributed by atoms with Crippen molar-refractivity contribution in [1.82, 2.24) is 0 Å². The molecule has 3 heteroatoms. The van der Waals surface area contributed by atoms with Gasteiger partial charge >= 0.3 is 0 Å². The second-order valence-corrected chi connectivity index (χ2v) is 5.43. The lowest BCUT2D eigenvalue weighted by atomic mass is 9.76. The third-order valence-corrected chi connectivity index (χ3v) is 4.08. The summed E-state index contributed by atoms with van der Waals surface area (Å²) in [5.74, 6) is 0.729. The summed E-state index contributed by atoms with van der Waals surface area (Å²) in [6, 6.07) is 3.97. The monoisotopic (exact) mass is 253 g/mol. The molecule has 2 nitrogen and oxygen atoms in total. The highest BCUT2D eigenvalue weighted by molar-refractivity contribution is 6.32. The fraction of sp³-hybridized carbons (Fsp3) is 0.571. The number of halogens is 1. The molecule has 0 atom stereocenters. The maximum atomic E-state index is 6.54. The summed E-state index contributed by atoms with van der Waals surface area (Å²) in [6.07, 6.45) is 5.81. The van der Waals surface area contributed by atoms with E-state index in [-0.39, 0.29) is 5.54 Å². The van der Waals surface area contributed by atoms with Crippen LogP contribution in [0, 0.1) is 6.92 Å². The minimum Gasteiger partial charge on any atom is -0.495 e. The molecule has 1 saturated carbocycles. The molecule has 0 spiro atoms. The van der Waals surface area contributed by atoms with E-state index in [2.05, 4.69) is 6.92 Å². The zero-order chi connectivity index (χ0) is 12.5. The Bertz CT molecular complexity index is 411. The standard InChI is InChI=1S/C14H20ClNO/c1-10-8-13(17-2)12(15)9-11(10)14(16)6-4-3-5-7-14/h8-9H,3-7,16H2,1-2H3. The van der Waals surface area contributed by atoms with Gasteiger partial charge in [0.25, 0.3) is 0 Å². The van der Waals surface area contributed by atoms with Gasteiger partial charge in [-0.05, 0) is 43.0 Å². The molecular weight excluding hydrogens is 234 g/mol. The van der Waals surface area contributed by atoms with Crippen molar-refractivity contribution < 1.29 is 4.74 Å². The Labute approximate surface area is 108 Å². The van der Waals surface area contributed by atoms with Gasteiger partial charge in [0.15, 0.2) is 0 Å². The highest BCUT2D eigenvalue weighted by Crippen LogP contribution is 2.39. The minimum absolute atomic E-state index is 0.196. The van der Waals surface area contributed by atoms with Crippen molar-refractivity contribution in [3.8, 4) is 5.75 Å². The molecule has 0 aromatic heterocycles. The van der Waals surface area contributed by atoms with Crippen molar-refractivity contribution in [2.45, 2.75) is 44.6 Å². The van der Waals surface area contributed by atoms with Gasteiger partial charge in [-0.15, -0.1) is 0 Å². The summed E-state index contributed by atoms with van der Waals surface area (Å²) in [5, 5.41) is 0.656. The normalized spacial score (nSPS) is 19.1. The molecule has 2 rings (SSSR count). The van der Waals surface area contributed by atoms with E-state index >= 15 is 0 Å². The molecule has 0 heterocycles. The maximum absolute atomic E-state index is 6.54. The van der Waals surface area contributed by atoms with Crippen LogP contribution < -0.4 is 10.5 Å². The Morgan fingerprint density at radius 1 is 1.24 bits per heavy atom. The lowest BCUT2D eigenvalue weighted by molar-refractivity contribution is 0.300. The first kappa shape index (κ1) is 12.7. The summed E-state index contributed by atoms with van der Waals surface area (Å²) in [4.78, 5) is 0. The summed E-state index contributed by atoms with van der Waals surface area (Å²) < 4.78 is 5.23. The Kier molecular flexibility index (Phi) is 3.64. The first-order valence-corrected chi connectivity index (χ1v) is 6.58. The summed E-state index contributed by atoms with van der Waals surface area (Å²) in [6.45, 7) is 2.08. The molecule has 1 aromatic carbocycles. The number of rotatable bonds is 2. The number of benzene rings is 1. The van der Waals surface area contributed by atoms with Crippen LogP contribution in [0.2, 0.25) is 5.02 Å². The SMILES string of the molecule is COc1cc(C)c(C2(N)CCCCC2)cc1Cl. The highest BCUT2D eigenvalue weighted by Gasteiger charge is 2.31. The third-order valence-electron chi connectivity index (χ3n) is 3.78. The number of hydrogen-bond acceptors (Lipinski definition) is 2. The van der Waals surface area contributed by atoms with E-state index in [0.29, 0.717) is 5.02 Å². The fourth-order valence-electron chi connectivity index (χ4n) is 2.80. The predicted molar refractivity (Wildman–Crippen MR) is 71.7 cm³/mol. The van der Waals surface area contributed by atoms with E-state index in [1.54, 1.807) is 7.11 Å². The first-order chi connectivity index (χ1) is 8.07. The van der Waals surface area contributed by atoms with Crippen LogP contribution in [0.4, 0.5) is 0 Å². The van der Waals surface area contributed by atoms with Crippen LogP contribution in [-0.2, 0) is 5.54 Å². The van der Waals surface area contributed by atoms with Crippen LogP contribution in [-0.4, -0.2) is 7.11 Å². The van der Waals surface area contributed by atoms with Crippen LogP contribution in [0.1, 0.15) is 43.2 Å². The van der Waals surface area contributed by atoms with E-state index in [0.717, 1.165) is 18.6 Å². The van der Waals surface area contributed by atoms with Crippen molar-refractivity contribution in [1.29, 1.82) is 0 Å². The largest absolute Gasteiger partial charge is 0.495 e. The molecule has 1 aromatic rings. The smallest absolute Gasteiger partial charge is 0.137 e. The van der Waals surface area contributed by atoms with Gasteiger partial charge in [-0.2, -0.15) is 0 Å². The van der Waals surface area contributed by atoms with Gasteiger partial charge in [-0.1, -0.05) is 30.9 Å². The lowest BCUT2D eigenvalue weighted by Gasteiger charge is -2.35. The van der Waals surface area contributed by atoms with Gasteiger partial charge in [0.1, 0.15) is 5.75 Å². The lowest BCUT2D eigenvalue weighted by Crippen LogP contribution is -2.39. The van der Waals surface area contributed by atoms with E-state index < -0.39 is 0 Å². The summed E-state index contributed by atoms with van der Waals surface area (Å²) in [7, 11) is 1.64.